The second-order valence-electron chi connectivity index (χ2n) is 4.77. The number of aryl methyl sites for hydroxylation is 1. The van der Waals surface area contributed by atoms with E-state index in [0.29, 0.717) is 18.8 Å². The molecule has 20 heavy (non-hydrogen) atoms. The highest BCUT2D eigenvalue weighted by molar-refractivity contribution is 7.07. The van der Waals surface area contributed by atoms with Crippen LogP contribution >= 0.6 is 11.3 Å². The van der Waals surface area contributed by atoms with Crippen molar-refractivity contribution in [1.29, 1.82) is 0 Å². The lowest BCUT2D eigenvalue weighted by Crippen LogP contribution is -2.30. The Morgan fingerprint density at radius 1 is 1.50 bits per heavy atom. The van der Waals surface area contributed by atoms with Gasteiger partial charge >= 0.3 is 0 Å². The summed E-state index contributed by atoms with van der Waals surface area (Å²) < 4.78 is 0. The lowest BCUT2D eigenvalue weighted by Gasteiger charge is -2.15. The summed E-state index contributed by atoms with van der Waals surface area (Å²) in [6.45, 7) is 2.91. The normalized spacial score (nSPS) is 10.8. The van der Waals surface area contributed by atoms with Crippen LogP contribution in [0.2, 0.25) is 0 Å². The van der Waals surface area contributed by atoms with Crippen LogP contribution in [0.15, 0.2) is 29.1 Å². The van der Waals surface area contributed by atoms with Crippen molar-refractivity contribution in [2.24, 2.45) is 0 Å². The molecule has 0 aliphatic carbocycles. The van der Waals surface area contributed by atoms with Crippen molar-refractivity contribution in [3.05, 3.63) is 40.3 Å². The monoisotopic (exact) mass is 290 g/mol. The minimum atomic E-state index is -0.0457. The molecule has 1 aromatic heterocycles. The molecule has 5 nitrogen and oxygen atoms in total. The first-order valence-electron chi connectivity index (χ1n) is 6.26. The maximum atomic E-state index is 12.0. The van der Waals surface area contributed by atoms with Crippen LogP contribution in [-0.4, -0.2) is 29.4 Å². The summed E-state index contributed by atoms with van der Waals surface area (Å²) in [5, 5.41) is 4.88. The van der Waals surface area contributed by atoms with Crippen LogP contribution < -0.4 is 11.1 Å². The summed E-state index contributed by atoms with van der Waals surface area (Å²) in [4.78, 5) is 18.1. The van der Waals surface area contributed by atoms with Gasteiger partial charge in [0.2, 0.25) is 5.91 Å². The van der Waals surface area contributed by atoms with E-state index in [2.05, 4.69) is 10.3 Å². The van der Waals surface area contributed by atoms with Crippen molar-refractivity contribution >= 4 is 28.6 Å². The summed E-state index contributed by atoms with van der Waals surface area (Å²) in [5.74, 6) is -0.0457. The van der Waals surface area contributed by atoms with Crippen LogP contribution in [0.3, 0.4) is 0 Å². The highest BCUT2D eigenvalue weighted by Gasteiger charge is 2.09. The first kappa shape index (κ1) is 14.5. The number of nitrogen functional groups attached to an aromatic ring is 1. The number of hydrogen-bond donors (Lipinski definition) is 2. The molecule has 3 N–H and O–H groups in total. The number of benzene rings is 1. The predicted molar refractivity (Wildman–Crippen MR) is 82.7 cm³/mol. The maximum Gasteiger partial charge on any atom is 0.238 e. The molecule has 0 aliphatic heterocycles. The van der Waals surface area contributed by atoms with Gasteiger partial charge in [0.15, 0.2) is 0 Å². The fourth-order valence-electron chi connectivity index (χ4n) is 1.91. The average Bonchev–Trinajstić information content (AvgIpc) is 2.85. The molecular weight excluding hydrogens is 272 g/mol. The number of hydrogen-bond acceptors (Lipinski definition) is 5. The van der Waals surface area contributed by atoms with E-state index >= 15 is 0 Å². The van der Waals surface area contributed by atoms with Crippen LogP contribution in [0.25, 0.3) is 0 Å². The largest absolute Gasteiger partial charge is 0.399 e. The highest BCUT2D eigenvalue weighted by Crippen LogP contribution is 2.17. The highest BCUT2D eigenvalue weighted by atomic mass is 32.1. The summed E-state index contributed by atoms with van der Waals surface area (Å²) in [5.41, 5.74) is 10.9. The molecule has 0 unspecified atom stereocenters. The first-order chi connectivity index (χ1) is 9.54. The van der Waals surface area contributed by atoms with Gasteiger partial charge in [0.1, 0.15) is 0 Å². The smallest absolute Gasteiger partial charge is 0.238 e. The molecule has 6 heteroatoms. The van der Waals surface area contributed by atoms with Gasteiger partial charge in [0.25, 0.3) is 0 Å². The van der Waals surface area contributed by atoms with Crippen LogP contribution in [0.1, 0.15) is 11.3 Å². The molecule has 0 aliphatic rings. The molecule has 0 spiro atoms. The molecule has 1 amide bonds. The molecule has 1 aromatic carbocycles. The summed E-state index contributed by atoms with van der Waals surface area (Å²) in [7, 11) is 1.90. The predicted octanol–water partition coefficient (Wildman–Crippen LogP) is 2.10. The Hall–Kier alpha value is -1.92. The number of aromatic nitrogens is 1. The fourth-order valence-corrected chi connectivity index (χ4v) is 2.46. The Morgan fingerprint density at radius 3 is 2.95 bits per heavy atom. The van der Waals surface area contributed by atoms with E-state index in [1.165, 1.54) is 0 Å². The average molecular weight is 290 g/mol. The van der Waals surface area contributed by atoms with Gasteiger partial charge in [-0.15, -0.1) is 11.3 Å². The number of amides is 1. The van der Waals surface area contributed by atoms with Crippen LogP contribution in [-0.2, 0) is 11.3 Å². The molecule has 2 aromatic rings. The third-order valence-electron chi connectivity index (χ3n) is 2.85. The molecule has 0 radical (unpaired) electrons. The van der Waals surface area contributed by atoms with Gasteiger partial charge in [-0.2, -0.15) is 0 Å². The van der Waals surface area contributed by atoms with E-state index < -0.39 is 0 Å². The summed E-state index contributed by atoms with van der Waals surface area (Å²) in [6, 6.07) is 5.44. The van der Waals surface area contributed by atoms with E-state index in [1.54, 1.807) is 22.9 Å². The third-order valence-corrected chi connectivity index (χ3v) is 3.49. The van der Waals surface area contributed by atoms with Crippen molar-refractivity contribution in [1.82, 2.24) is 9.88 Å². The minimum absolute atomic E-state index is 0.0457. The lowest BCUT2D eigenvalue weighted by atomic mass is 10.2. The second kappa shape index (κ2) is 6.49. The second-order valence-corrected chi connectivity index (χ2v) is 5.49. The van der Waals surface area contributed by atoms with Gasteiger partial charge in [-0.05, 0) is 37.7 Å². The van der Waals surface area contributed by atoms with E-state index in [0.717, 1.165) is 16.9 Å². The van der Waals surface area contributed by atoms with Crippen LogP contribution in [0.4, 0.5) is 11.4 Å². The van der Waals surface area contributed by atoms with E-state index in [4.69, 9.17) is 5.73 Å². The molecule has 0 fully saturated rings. The first-order valence-corrected chi connectivity index (χ1v) is 7.20. The number of carbonyl (C=O) groups is 1. The van der Waals surface area contributed by atoms with E-state index in [-0.39, 0.29) is 5.91 Å². The standard InChI is InChI=1S/C14H18N4OS/c1-10-5-11(15)3-4-13(10)17-14(19)7-18(2)6-12-8-20-9-16-12/h3-5,8-9H,6-7,15H2,1-2H3,(H,17,19). The quantitative estimate of drug-likeness (QED) is 0.827. The van der Waals surface area contributed by atoms with Crippen molar-refractivity contribution < 1.29 is 4.79 Å². The molecule has 106 valence electrons. The molecule has 2 rings (SSSR count). The Labute approximate surface area is 122 Å². The number of thiazole rings is 1. The minimum Gasteiger partial charge on any atom is -0.399 e. The van der Waals surface area contributed by atoms with Gasteiger partial charge in [-0.1, -0.05) is 0 Å². The molecule has 0 saturated carbocycles. The Kier molecular flexibility index (Phi) is 4.70. The zero-order valence-electron chi connectivity index (χ0n) is 11.6. The van der Waals surface area contributed by atoms with Crippen molar-refractivity contribution in [3.8, 4) is 0 Å². The zero-order chi connectivity index (χ0) is 14.5. The number of nitrogens with zero attached hydrogens (tertiary/aromatic N) is 2. The number of nitrogens with one attached hydrogen (secondary N) is 1. The molecule has 0 saturated heterocycles. The maximum absolute atomic E-state index is 12.0. The van der Waals surface area contributed by atoms with Crippen molar-refractivity contribution in [2.75, 3.05) is 24.6 Å². The number of carbonyl (C=O) groups excluding carboxylic acids is 1. The number of likely N-dealkylation sites (N-methyl/N-ethyl adjacent to an activating group) is 1. The van der Waals surface area contributed by atoms with E-state index in [1.807, 2.05) is 36.4 Å². The lowest BCUT2D eigenvalue weighted by molar-refractivity contribution is -0.117. The van der Waals surface area contributed by atoms with Crippen molar-refractivity contribution in [3.63, 3.8) is 0 Å². The summed E-state index contributed by atoms with van der Waals surface area (Å²) in [6.07, 6.45) is 0. The summed E-state index contributed by atoms with van der Waals surface area (Å²) >= 11 is 1.56. The third kappa shape index (κ3) is 4.04. The SMILES string of the molecule is Cc1cc(N)ccc1NC(=O)CN(C)Cc1cscn1. The van der Waals surface area contributed by atoms with E-state index in [9.17, 15) is 4.79 Å². The van der Waals surface area contributed by atoms with Crippen LogP contribution in [0, 0.1) is 6.92 Å². The molecule has 1 heterocycles. The van der Waals surface area contributed by atoms with Gasteiger partial charge < -0.3 is 11.1 Å². The Balaban J connectivity index is 1.88. The van der Waals surface area contributed by atoms with Crippen molar-refractivity contribution in [2.45, 2.75) is 13.5 Å². The molecular formula is C14H18N4OS. The zero-order valence-corrected chi connectivity index (χ0v) is 12.4. The Bertz CT molecular complexity index is 583. The van der Waals surface area contributed by atoms with Crippen LogP contribution in [0.5, 0.6) is 0 Å². The van der Waals surface area contributed by atoms with Gasteiger partial charge in [-0.25, -0.2) is 4.98 Å². The number of rotatable bonds is 5. The van der Waals surface area contributed by atoms with Gasteiger partial charge in [0.05, 0.1) is 17.7 Å². The Morgan fingerprint density at radius 2 is 2.30 bits per heavy atom. The fraction of sp³-hybridized carbons (Fsp3) is 0.286. The van der Waals surface area contributed by atoms with Gasteiger partial charge in [-0.3, -0.25) is 9.69 Å². The van der Waals surface area contributed by atoms with Gasteiger partial charge in [0, 0.05) is 23.3 Å². The number of anilines is 2. The molecule has 0 bridgehead atoms. The number of nitrogens with two attached hydrogens (primary N) is 1. The molecule has 0 atom stereocenters. The topological polar surface area (TPSA) is 71.2 Å².